The SMILES string of the molecule is [C-]#[N+]Cn1cccc(C)c1=O. The van der Waals surface area contributed by atoms with E-state index in [1.807, 2.05) is 0 Å². The van der Waals surface area contributed by atoms with Crippen LogP contribution >= 0.6 is 0 Å². The number of hydrogen-bond acceptors (Lipinski definition) is 1. The summed E-state index contributed by atoms with van der Waals surface area (Å²) in [5.74, 6) is 0. The van der Waals surface area contributed by atoms with Crippen molar-refractivity contribution in [3.8, 4) is 0 Å². The number of rotatable bonds is 1. The molecule has 1 heterocycles. The second-order valence-electron chi connectivity index (χ2n) is 2.27. The molecule has 0 N–H and O–H groups in total. The lowest BCUT2D eigenvalue weighted by molar-refractivity contribution is 0.768. The average molecular weight is 148 g/mol. The minimum absolute atomic E-state index is 0.0801. The van der Waals surface area contributed by atoms with Gasteiger partial charge in [-0.1, -0.05) is 6.07 Å². The van der Waals surface area contributed by atoms with E-state index in [4.69, 9.17) is 6.57 Å². The summed E-state index contributed by atoms with van der Waals surface area (Å²) in [6, 6.07) is 3.50. The molecule has 0 aromatic carbocycles. The third-order valence-electron chi connectivity index (χ3n) is 1.43. The molecule has 1 rings (SSSR count). The minimum atomic E-state index is -0.0801. The number of hydrogen-bond donors (Lipinski definition) is 0. The molecular weight excluding hydrogens is 140 g/mol. The predicted octanol–water partition coefficient (Wildman–Crippen LogP) is 1.03. The Balaban J connectivity index is 3.20. The van der Waals surface area contributed by atoms with Crippen molar-refractivity contribution in [1.82, 2.24) is 4.57 Å². The summed E-state index contributed by atoms with van der Waals surface area (Å²) in [5, 5.41) is 0. The molecule has 0 saturated carbocycles. The molecule has 56 valence electrons. The van der Waals surface area contributed by atoms with Crippen LogP contribution in [0.1, 0.15) is 5.56 Å². The van der Waals surface area contributed by atoms with E-state index in [9.17, 15) is 4.79 Å². The molecule has 3 heteroatoms. The Hall–Kier alpha value is -1.56. The van der Waals surface area contributed by atoms with Gasteiger partial charge in [-0.15, -0.1) is 0 Å². The molecule has 3 nitrogen and oxygen atoms in total. The largest absolute Gasteiger partial charge is 0.295 e. The van der Waals surface area contributed by atoms with Gasteiger partial charge in [0.25, 0.3) is 12.2 Å². The van der Waals surface area contributed by atoms with E-state index in [1.165, 1.54) is 4.57 Å². The van der Waals surface area contributed by atoms with Crippen LogP contribution in [0.15, 0.2) is 23.1 Å². The zero-order chi connectivity index (χ0) is 8.27. The third-order valence-corrected chi connectivity index (χ3v) is 1.43. The van der Waals surface area contributed by atoms with Gasteiger partial charge in [0, 0.05) is 11.8 Å². The van der Waals surface area contributed by atoms with Gasteiger partial charge in [-0.25, -0.2) is 11.1 Å². The Kier molecular flexibility index (Phi) is 2.07. The summed E-state index contributed by atoms with van der Waals surface area (Å²) < 4.78 is 1.39. The molecule has 0 saturated heterocycles. The molecular formula is C8H8N2O. The van der Waals surface area contributed by atoms with E-state index in [2.05, 4.69) is 4.85 Å². The average Bonchev–Trinajstić information content (AvgIpc) is 1.99. The number of nitrogens with zero attached hydrogens (tertiary/aromatic N) is 2. The van der Waals surface area contributed by atoms with Gasteiger partial charge in [0.05, 0.1) is 0 Å². The zero-order valence-corrected chi connectivity index (χ0v) is 6.24. The quantitative estimate of drug-likeness (QED) is 0.546. The predicted molar refractivity (Wildman–Crippen MR) is 42.0 cm³/mol. The van der Waals surface area contributed by atoms with Crippen LogP contribution in [0.5, 0.6) is 0 Å². The molecule has 1 aromatic rings. The number of aryl methyl sites for hydroxylation is 1. The van der Waals surface area contributed by atoms with E-state index in [1.54, 1.807) is 25.3 Å². The lowest BCUT2D eigenvalue weighted by atomic mass is 10.3. The Morgan fingerprint density at radius 2 is 2.45 bits per heavy atom. The van der Waals surface area contributed by atoms with Crippen LogP contribution in [0.4, 0.5) is 0 Å². The van der Waals surface area contributed by atoms with E-state index in [0.717, 1.165) is 0 Å². The van der Waals surface area contributed by atoms with Crippen LogP contribution in [0.25, 0.3) is 4.85 Å². The molecule has 0 aliphatic carbocycles. The molecule has 1 aromatic heterocycles. The summed E-state index contributed by atoms with van der Waals surface area (Å²) in [6.45, 7) is 8.42. The first-order chi connectivity index (χ1) is 5.25. The highest BCUT2D eigenvalue weighted by Crippen LogP contribution is 1.88. The van der Waals surface area contributed by atoms with Gasteiger partial charge in [-0.2, -0.15) is 0 Å². The smallest absolute Gasteiger partial charge is 0.292 e. The van der Waals surface area contributed by atoms with Crippen LogP contribution < -0.4 is 5.56 Å². The van der Waals surface area contributed by atoms with Crippen LogP contribution in [0.3, 0.4) is 0 Å². The second kappa shape index (κ2) is 3.02. The summed E-state index contributed by atoms with van der Waals surface area (Å²) in [4.78, 5) is 14.3. The zero-order valence-electron chi connectivity index (χ0n) is 6.24. The summed E-state index contributed by atoms with van der Waals surface area (Å²) in [5.41, 5.74) is 0.597. The first-order valence-corrected chi connectivity index (χ1v) is 3.25. The lowest BCUT2D eigenvalue weighted by Gasteiger charge is -1.96. The van der Waals surface area contributed by atoms with Crippen molar-refractivity contribution in [1.29, 1.82) is 0 Å². The standard InChI is InChI=1S/C8H8N2O/c1-7-4-3-5-10(6-9-2)8(7)11/h3-5H,6H2,1H3. The van der Waals surface area contributed by atoms with Crippen molar-refractivity contribution in [2.75, 3.05) is 0 Å². The third kappa shape index (κ3) is 1.47. The van der Waals surface area contributed by atoms with E-state index in [-0.39, 0.29) is 12.2 Å². The van der Waals surface area contributed by atoms with Gasteiger partial charge in [-0.3, -0.25) is 9.64 Å². The molecule has 0 unspecified atom stereocenters. The van der Waals surface area contributed by atoms with Crippen molar-refractivity contribution < 1.29 is 0 Å². The fourth-order valence-electron chi connectivity index (χ4n) is 0.844. The van der Waals surface area contributed by atoms with Gasteiger partial charge in [0.15, 0.2) is 0 Å². The lowest BCUT2D eigenvalue weighted by Crippen LogP contribution is -2.19. The van der Waals surface area contributed by atoms with Gasteiger partial charge in [0.2, 0.25) is 0 Å². The van der Waals surface area contributed by atoms with Crippen molar-refractivity contribution in [2.45, 2.75) is 13.6 Å². The fourth-order valence-corrected chi connectivity index (χ4v) is 0.844. The molecule has 0 amide bonds. The molecule has 0 aliphatic rings. The first-order valence-electron chi connectivity index (χ1n) is 3.25. The maximum atomic E-state index is 11.2. The van der Waals surface area contributed by atoms with Gasteiger partial charge in [-0.05, 0) is 13.0 Å². The molecule has 0 spiro atoms. The summed E-state index contributed by atoms with van der Waals surface area (Å²) in [6.07, 6.45) is 1.62. The minimum Gasteiger partial charge on any atom is -0.292 e. The number of aromatic nitrogens is 1. The molecule has 0 atom stereocenters. The summed E-state index contributed by atoms with van der Waals surface area (Å²) >= 11 is 0. The second-order valence-corrected chi connectivity index (χ2v) is 2.27. The molecule has 0 bridgehead atoms. The van der Waals surface area contributed by atoms with E-state index >= 15 is 0 Å². The first kappa shape index (κ1) is 7.55. The van der Waals surface area contributed by atoms with E-state index < -0.39 is 0 Å². The van der Waals surface area contributed by atoms with Gasteiger partial charge < -0.3 is 0 Å². The summed E-state index contributed by atoms with van der Waals surface area (Å²) in [7, 11) is 0. The highest BCUT2D eigenvalue weighted by molar-refractivity contribution is 5.07. The molecule has 0 aliphatic heterocycles. The molecule has 0 fully saturated rings. The van der Waals surface area contributed by atoms with Crippen LogP contribution in [0, 0.1) is 13.5 Å². The van der Waals surface area contributed by atoms with Crippen LogP contribution in [0.2, 0.25) is 0 Å². The van der Waals surface area contributed by atoms with Crippen molar-refractivity contribution in [2.24, 2.45) is 0 Å². The Morgan fingerprint density at radius 3 is 3.09 bits per heavy atom. The normalized spacial score (nSPS) is 9.09. The van der Waals surface area contributed by atoms with Crippen LogP contribution in [-0.2, 0) is 6.67 Å². The maximum Gasteiger partial charge on any atom is 0.295 e. The van der Waals surface area contributed by atoms with Crippen molar-refractivity contribution in [3.63, 3.8) is 0 Å². The highest BCUT2D eigenvalue weighted by atomic mass is 16.1. The van der Waals surface area contributed by atoms with Crippen molar-refractivity contribution >= 4 is 0 Å². The van der Waals surface area contributed by atoms with Gasteiger partial charge >= 0.3 is 0 Å². The highest BCUT2D eigenvalue weighted by Gasteiger charge is 1.97. The number of pyridine rings is 1. The maximum absolute atomic E-state index is 11.2. The van der Waals surface area contributed by atoms with Crippen molar-refractivity contribution in [3.05, 3.63) is 45.7 Å². The monoisotopic (exact) mass is 148 g/mol. The topological polar surface area (TPSA) is 26.4 Å². The molecule has 11 heavy (non-hydrogen) atoms. The molecule has 0 radical (unpaired) electrons. The van der Waals surface area contributed by atoms with Crippen LogP contribution in [-0.4, -0.2) is 4.57 Å². The van der Waals surface area contributed by atoms with E-state index in [0.29, 0.717) is 5.56 Å². The fraction of sp³-hybridized carbons (Fsp3) is 0.250. The van der Waals surface area contributed by atoms with Gasteiger partial charge in [0.1, 0.15) is 0 Å². The Labute approximate surface area is 64.7 Å². The Morgan fingerprint density at radius 1 is 1.73 bits per heavy atom. The Bertz CT molecular complexity index is 346.